The third-order valence-corrected chi connectivity index (χ3v) is 5.86. The summed E-state index contributed by atoms with van der Waals surface area (Å²) in [5, 5.41) is 4.99. The third kappa shape index (κ3) is 5.02. The van der Waals surface area contributed by atoms with Crippen molar-refractivity contribution >= 4 is 62.8 Å². The Kier molecular flexibility index (Phi) is 6.56. The van der Waals surface area contributed by atoms with Crippen molar-refractivity contribution in [2.24, 2.45) is 0 Å². The van der Waals surface area contributed by atoms with Gasteiger partial charge in [-0.2, -0.15) is 0 Å². The van der Waals surface area contributed by atoms with Crippen molar-refractivity contribution in [2.45, 2.75) is 0 Å². The van der Waals surface area contributed by atoms with Crippen molar-refractivity contribution in [3.63, 3.8) is 0 Å². The highest BCUT2D eigenvalue weighted by atomic mass is 35.5. The molecule has 3 rings (SSSR count). The van der Waals surface area contributed by atoms with E-state index in [1.54, 1.807) is 49.8 Å². The van der Waals surface area contributed by atoms with E-state index in [4.69, 9.17) is 27.9 Å². The Morgan fingerprint density at radius 2 is 2.04 bits per heavy atom. The van der Waals surface area contributed by atoms with E-state index in [1.165, 1.54) is 27.6 Å². The molecule has 10 heteroatoms. The number of nitrogens with zero attached hydrogens (tertiary/aromatic N) is 2. The Morgan fingerprint density at radius 3 is 2.71 bits per heavy atom. The lowest BCUT2D eigenvalue weighted by Crippen LogP contribution is -2.27. The lowest BCUT2D eigenvalue weighted by atomic mass is 10.2. The lowest BCUT2D eigenvalue weighted by Gasteiger charge is -2.11. The van der Waals surface area contributed by atoms with Crippen molar-refractivity contribution in [3.8, 4) is 17.0 Å². The van der Waals surface area contributed by atoms with E-state index in [-0.39, 0.29) is 18.4 Å². The van der Waals surface area contributed by atoms with Gasteiger partial charge in [0.2, 0.25) is 0 Å². The van der Waals surface area contributed by atoms with Gasteiger partial charge in [0, 0.05) is 30.6 Å². The quantitative estimate of drug-likeness (QED) is 0.573. The summed E-state index contributed by atoms with van der Waals surface area (Å²) in [6.07, 6.45) is 0. The van der Waals surface area contributed by atoms with Gasteiger partial charge in [0.15, 0.2) is 11.7 Å². The molecule has 0 saturated heterocycles. The summed E-state index contributed by atoms with van der Waals surface area (Å²) in [6, 6.07) is 8.33. The third-order valence-electron chi connectivity index (χ3n) is 3.61. The highest BCUT2D eigenvalue weighted by Crippen LogP contribution is 2.39. The zero-order valence-corrected chi connectivity index (χ0v) is 18.0. The van der Waals surface area contributed by atoms with Gasteiger partial charge in [0.25, 0.3) is 11.8 Å². The molecule has 6 nitrogen and oxygen atoms in total. The van der Waals surface area contributed by atoms with Gasteiger partial charge in [-0.25, -0.2) is 4.98 Å². The highest BCUT2D eigenvalue weighted by molar-refractivity contribution is 7.20. The maximum absolute atomic E-state index is 12.5. The number of hydrogen-bond donors (Lipinski definition) is 1. The normalized spacial score (nSPS) is 10.6. The summed E-state index contributed by atoms with van der Waals surface area (Å²) in [5.74, 6) is -0.0699. The van der Waals surface area contributed by atoms with Gasteiger partial charge in [-0.1, -0.05) is 29.3 Å². The molecule has 0 radical (unpaired) electrons. The summed E-state index contributed by atoms with van der Waals surface area (Å²) in [4.78, 5) is 30.0. The average molecular weight is 456 g/mol. The molecule has 28 heavy (non-hydrogen) atoms. The van der Waals surface area contributed by atoms with Crippen LogP contribution in [0, 0.1) is 0 Å². The van der Waals surface area contributed by atoms with Gasteiger partial charge >= 0.3 is 0 Å². The molecule has 0 fully saturated rings. The van der Waals surface area contributed by atoms with Crippen LogP contribution in [0.3, 0.4) is 0 Å². The fourth-order valence-electron chi connectivity index (χ4n) is 2.14. The number of halogens is 2. The molecule has 0 saturated carbocycles. The number of carbonyl (C=O) groups excluding carboxylic acids is 2. The Morgan fingerprint density at radius 1 is 1.25 bits per heavy atom. The molecular weight excluding hydrogens is 441 g/mol. The van der Waals surface area contributed by atoms with E-state index in [2.05, 4.69) is 10.3 Å². The molecule has 3 aromatic rings. The number of ether oxygens (including phenoxy) is 1. The van der Waals surface area contributed by atoms with E-state index in [0.717, 1.165) is 5.56 Å². The number of thiazole rings is 1. The van der Waals surface area contributed by atoms with Gasteiger partial charge in [-0.15, -0.1) is 22.7 Å². The number of carbonyl (C=O) groups is 2. The first-order valence-electron chi connectivity index (χ1n) is 7.98. The van der Waals surface area contributed by atoms with Crippen molar-refractivity contribution in [3.05, 3.63) is 49.9 Å². The van der Waals surface area contributed by atoms with Crippen LogP contribution in [0.25, 0.3) is 11.3 Å². The minimum atomic E-state index is -0.334. The minimum absolute atomic E-state index is 0.0993. The number of aromatic nitrogens is 1. The molecule has 0 aliphatic rings. The first-order chi connectivity index (χ1) is 13.3. The summed E-state index contributed by atoms with van der Waals surface area (Å²) < 4.78 is 6.56. The first kappa shape index (κ1) is 20.6. The number of benzene rings is 1. The maximum atomic E-state index is 12.5. The van der Waals surface area contributed by atoms with Crippen LogP contribution in [0.2, 0.25) is 8.67 Å². The predicted octanol–water partition coefficient (Wildman–Crippen LogP) is 4.90. The van der Waals surface area contributed by atoms with Crippen molar-refractivity contribution in [1.82, 2.24) is 9.88 Å². The summed E-state index contributed by atoms with van der Waals surface area (Å²) in [7, 11) is 3.30. The van der Waals surface area contributed by atoms with E-state index in [0.29, 0.717) is 30.8 Å². The summed E-state index contributed by atoms with van der Waals surface area (Å²) in [5.41, 5.74) is 1.77. The molecule has 0 bridgehead atoms. The van der Waals surface area contributed by atoms with Crippen LogP contribution in [-0.4, -0.2) is 42.4 Å². The van der Waals surface area contributed by atoms with E-state index in [1.807, 2.05) is 0 Å². The van der Waals surface area contributed by atoms with Crippen LogP contribution < -0.4 is 10.1 Å². The average Bonchev–Trinajstić information content (AvgIpc) is 3.25. The zero-order chi connectivity index (χ0) is 20.3. The topological polar surface area (TPSA) is 71.5 Å². The van der Waals surface area contributed by atoms with Crippen molar-refractivity contribution in [1.29, 1.82) is 0 Å². The lowest BCUT2D eigenvalue weighted by molar-refractivity contribution is -0.130. The second-order valence-corrected chi connectivity index (χ2v) is 8.98. The Balaban J connectivity index is 1.67. The highest BCUT2D eigenvalue weighted by Gasteiger charge is 2.14. The zero-order valence-electron chi connectivity index (χ0n) is 14.9. The van der Waals surface area contributed by atoms with E-state index < -0.39 is 0 Å². The molecule has 146 valence electrons. The number of nitrogens with one attached hydrogen (secondary N) is 1. The van der Waals surface area contributed by atoms with Gasteiger partial charge in [-0.05, 0) is 24.3 Å². The molecular formula is C18H15Cl2N3O3S2. The van der Waals surface area contributed by atoms with Crippen LogP contribution in [-0.2, 0) is 4.79 Å². The smallest absolute Gasteiger partial charge is 0.259 e. The van der Waals surface area contributed by atoms with Gasteiger partial charge in [0.05, 0.1) is 10.0 Å². The van der Waals surface area contributed by atoms with Crippen LogP contribution in [0.4, 0.5) is 5.13 Å². The van der Waals surface area contributed by atoms with E-state index >= 15 is 0 Å². The van der Waals surface area contributed by atoms with Gasteiger partial charge < -0.3 is 9.64 Å². The molecule has 0 unspecified atom stereocenters. The number of thiophene rings is 1. The Hall–Kier alpha value is -2.13. The van der Waals surface area contributed by atoms with Gasteiger partial charge in [-0.3, -0.25) is 14.9 Å². The maximum Gasteiger partial charge on any atom is 0.259 e. The van der Waals surface area contributed by atoms with E-state index in [9.17, 15) is 9.59 Å². The monoisotopic (exact) mass is 455 g/mol. The Labute approximate surface area is 179 Å². The fraction of sp³-hybridized carbons (Fsp3) is 0.167. The van der Waals surface area contributed by atoms with Crippen molar-refractivity contribution < 1.29 is 14.3 Å². The van der Waals surface area contributed by atoms with Crippen LogP contribution in [0.15, 0.2) is 35.7 Å². The van der Waals surface area contributed by atoms with Crippen LogP contribution >= 0.6 is 45.9 Å². The largest absolute Gasteiger partial charge is 0.484 e. The summed E-state index contributed by atoms with van der Waals surface area (Å²) >= 11 is 14.7. The van der Waals surface area contributed by atoms with Gasteiger partial charge in [0.1, 0.15) is 10.1 Å². The fourth-order valence-corrected chi connectivity index (χ4v) is 4.33. The molecule has 1 N–H and O–H groups in total. The number of hydrogen-bond acceptors (Lipinski definition) is 6. The molecule has 0 spiro atoms. The number of likely N-dealkylation sites (N-methyl/N-ethyl adjacent to an activating group) is 1. The number of amides is 2. The standard InChI is InChI=1S/C18H15Cl2N3O3S2/c1-23(2)15(24)8-26-11-5-3-4-10(6-11)17(25)22-18-21-13(9-27-18)12-7-14(19)28-16(12)20/h3-7,9H,8H2,1-2H3,(H,21,22,25). The second kappa shape index (κ2) is 8.91. The van der Waals surface area contributed by atoms with Crippen molar-refractivity contribution in [2.75, 3.05) is 26.0 Å². The molecule has 0 aliphatic heterocycles. The molecule has 0 aliphatic carbocycles. The minimum Gasteiger partial charge on any atom is -0.484 e. The number of anilines is 1. The van der Waals surface area contributed by atoms with Crippen LogP contribution in [0.5, 0.6) is 5.75 Å². The summed E-state index contributed by atoms with van der Waals surface area (Å²) in [6.45, 7) is -0.0993. The number of rotatable bonds is 6. The predicted molar refractivity (Wildman–Crippen MR) is 114 cm³/mol. The molecule has 1 aromatic carbocycles. The van der Waals surface area contributed by atoms with Crippen LogP contribution in [0.1, 0.15) is 10.4 Å². The first-order valence-corrected chi connectivity index (χ1v) is 10.4. The molecule has 2 amide bonds. The SMILES string of the molecule is CN(C)C(=O)COc1cccc(C(=O)Nc2nc(-c3cc(Cl)sc3Cl)cs2)c1. The molecule has 2 aromatic heterocycles. The molecule has 0 atom stereocenters. The second-order valence-electron chi connectivity index (χ2n) is 5.83. The Bertz CT molecular complexity index is 1020. The molecule has 2 heterocycles.